The Morgan fingerprint density at radius 2 is 1.62 bits per heavy atom. The summed E-state index contributed by atoms with van der Waals surface area (Å²) in [5.74, 6) is 0.715. The summed E-state index contributed by atoms with van der Waals surface area (Å²) in [4.78, 5) is 31.4. The number of carbonyl (C=O) groups is 2. The second kappa shape index (κ2) is 15.3. The third-order valence-electron chi connectivity index (χ3n) is 7.87. The zero-order valence-electron chi connectivity index (χ0n) is 25.8. The first-order valence-electron chi connectivity index (χ1n) is 15.2. The summed E-state index contributed by atoms with van der Waals surface area (Å²) in [5, 5.41) is 10.9. The van der Waals surface area contributed by atoms with Crippen LogP contribution in [-0.4, -0.2) is 58.7 Å². The first-order valence-corrected chi connectivity index (χ1v) is 15.2. The van der Waals surface area contributed by atoms with Crippen LogP contribution in [0.4, 0.5) is 4.79 Å². The lowest BCUT2D eigenvalue weighted by atomic mass is 10.1. The molecular weight excluding hydrogens is 570 g/mol. The number of aromatic nitrogens is 2. The number of hydrogen-bond donors (Lipinski definition) is 1. The molecule has 0 amide bonds. The van der Waals surface area contributed by atoms with Gasteiger partial charge >= 0.3 is 6.16 Å². The molecule has 0 aliphatic carbocycles. The summed E-state index contributed by atoms with van der Waals surface area (Å²) in [6, 6.07) is 26.1. The summed E-state index contributed by atoms with van der Waals surface area (Å²) in [5.41, 5.74) is 4.37. The first-order chi connectivity index (χ1) is 21.9. The predicted molar refractivity (Wildman–Crippen MR) is 174 cm³/mol. The van der Waals surface area contributed by atoms with Crippen LogP contribution in [0, 0.1) is 0 Å². The zero-order chi connectivity index (χ0) is 31.6. The average molecular weight is 610 g/mol. The second-order valence-corrected chi connectivity index (χ2v) is 11.2. The van der Waals surface area contributed by atoms with Crippen molar-refractivity contribution in [2.45, 2.75) is 45.4 Å². The molecule has 0 aliphatic rings. The van der Waals surface area contributed by atoms with Gasteiger partial charge in [0.15, 0.2) is 5.78 Å². The van der Waals surface area contributed by atoms with E-state index in [-0.39, 0.29) is 24.8 Å². The maximum atomic E-state index is 13.3. The monoisotopic (exact) mass is 609 g/mol. The molecule has 0 saturated carbocycles. The van der Waals surface area contributed by atoms with Gasteiger partial charge in [0.05, 0.1) is 30.4 Å². The van der Waals surface area contributed by atoms with Gasteiger partial charge in [-0.15, -0.1) is 0 Å². The van der Waals surface area contributed by atoms with E-state index in [0.29, 0.717) is 29.9 Å². The molecule has 9 heteroatoms. The van der Waals surface area contributed by atoms with Gasteiger partial charge in [-0.25, -0.2) is 9.78 Å². The van der Waals surface area contributed by atoms with E-state index in [9.17, 15) is 14.7 Å². The van der Waals surface area contributed by atoms with Crippen LogP contribution in [0.25, 0.3) is 21.8 Å². The molecule has 1 N–H and O–H groups in total. The molecule has 5 aromatic rings. The Kier molecular flexibility index (Phi) is 10.8. The van der Waals surface area contributed by atoms with Gasteiger partial charge < -0.3 is 28.8 Å². The number of benzene rings is 3. The molecule has 0 aliphatic heterocycles. The van der Waals surface area contributed by atoms with Gasteiger partial charge in [0.2, 0.25) is 5.88 Å². The Morgan fingerprint density at radius 1 is 0.889 bits per heavy atom. The van der Waals surface area contributed by atoms with E-state index in [2.05, 4.69) is 41.2 Å². The van der Waals surface area contributed by atoms with Crippen molar-refractivity contribution in [3.8, 4) is 11.6 Å². The highest BCUT2D eigenvalue weighted by molar-refractivity contribution is 6.11. The van der Waals surface area contributed by atoms with Crippen LogP contribution in [0.5, 0.6) is 11.6 Å². The molecule has 0 atom stereocenters. The summed E-state index contributed by atoms with van der Waals surface area (Å²) in [6.07, 6.45) is 3.29. The maximum Gasteiger partial charge on any atom is 0.512 e. The lowest BCUT2D eigenvalue weighted by Gasteiger charge is -2.16. The van der Waals surface area contributed by atoms with Crippen molar-refractivity contribution in [3.05, 3.63) is 102 Å². The van der Waals surface area contributed by atoms with Crippen LogP contribution in [0.2, 0.25) is 0 Å². The molecule has 0 bridgehead atoms. The number of unbranched alkanes of at least 4 members (excludes halogenated alkanes) is 1. The average Bonchev–Trinajstić information content (AvgIpc) is 3.35. The smallest absolute Gasteiger partial charge is 0.489 e. The Morgan fingerprint density at radius 3 is 2.33 bits per heavy atom. The van der Waals surface area contributed by atoms with Gasteiger partial charge in [-0.3, -0.25) is 4.79 Å². The molecule has 9 nitrogen and oxygen atoms in total. The third-order valence-corrected chi connectivity index (χ3v) is 7.87. The molecule has 0 fully saturated rings. The second-order valence-electron chi connectivity index (χ2n) is 11.2. The lowest BCUT2D eigenvalue weighted by molar-refractivity contribution is -0.119. The van der Waals surface area contributed by atoms with Crippen molar-refractivity contribution in [1.82, 2.24) is 14.5 Å². The lowest BCUT2D eigenvalue weighted by Crippen LogP contribution is -2.22. The van der Waals surface area contributed by atoms with Gasteiger partial charge in [0, 0.05) is 36.4 Å². The SMILES string of the molecule is COCc1c(OC(=O)O)ncc2c1c1cc(OCc3ccccc3)ccc1n2CC(=O)CCCCN(C)CCc1ccccc1. The van der Waals surface area contributed by atoms with Crippen molar-refractivity contribution in [1.29, 1.82) is 0 Å². The maximum absolute atomic E-state index is 13.3. The quantitative estimate of drug-likeness (QED) is 0.0954. The number of hydrogen-bond acceptors (Lipinski definition) is 7. The van der Waals surface area contributed by atoms with E-state index in [1.807, 2.05) is 59.2 Å². The number of ether oxygens (including phenoxy) is 3. The highest BCUT2D eigenvalue weighted by Crippen LogP contribution is 2.37. The van der Waals surface area contributed by atoms with Crippen LogP contribution in [-0.2, 0) is 35.7 Å². The Balaban J connectivity index is 1.33. The van der Waals surface area contributed by atoms with Crippen molar-refractivity contribution in [2.75, 3.05) is 27.2 Å². The summed E-state index contributed by atoms with van der Waals surface area (Å²) in [6.45, 7) is 2.54. The number of nitrogens with zero attached hydrogens (tertiary/aromatic N) is 3. The van der Waals surface area contributed by atoms with E-state index in [4.69, 9.17) is 14.2 Å². The Hall–Kier alpha value is -4.73. The summed E-state index contributed by atoms with van der Waals surface area (Å²) < 4.78 is 18.5. The van der Waals surface area contributed by atoms with Gasteiger partial charge in [0.1, 0.15) is 12.4 Å². The first kappa shape index (κ1) is 31.7. The molecule has 234 valence electrons. The van der Waals surface area contributed by atoms with E-state index in [1.54, 1.807) is 6.20 Å². The Labute approximate surface area is 263 Å². The Bertz CT molecular complexity index is 1740. The highest BCUT2D eigenvalue weighted by atomic mass is 16.7. The highest BCUT2D eigenvalue weighted by Gasteiger charge is 2.22. The minimum absolute atomic E-state index is 0.0470. The third kappa shape index (κ3) is 8.26. The fraction of sp³-hybridized carbons (Fsp3) is 0.306. The van der Waals surface area contributed by atoms with E-state index in [1.165, 1.54) is 12.7 Å². The van der Waals surface area contributed by atoms with Gasteiger partial charge in [-0.1, -0.05) is 60.7 Å². The molecule has 0 spiro atoms. The molecule has 0 saturated heterocycles. The molecular formula is C36H39N3O6. The number of likely N-dealkylation sites (N-methyl/N-ethyl adjacent to an activating group) is 1. The topological polar surface area (TPSA) is 103 Å². The van der Waals surface area contributed by atoms with Crippen LogP contribution in [0.1, 0.15) is 36.0 Å². The molecule has 2 aromatic heterocycles. The fourth-order valence-electron chi connectivity index (χ4n) is 5.60. The normalized spacial score (nSPS) is 11.4. The van der Waals surface area contributed by atoms with Gasteiger partial charge in [-0.2, -0.15) is 0 Å². The standard InChI is InChI=1S/C36H39N3O6/c1-38(20-18-26-11-5-3-6-12-26)19-10-9-15-28(40)23-39-32-17-16-29(44-24-27-13-7-4-8-14-27)21-30(32)34-31(25-43-2)35(45-36(41)42)37-22-33(34)39/h3-8,11-14,16-17,21-22H,9-10,15,18-20,23-25H2,1-2H3,(H,41,42). The number of fused-ring (bicyclic) bond motifs is 3. The van der Waals surface area contributed by atoms with Crippen LogP contribution in [0.15, 0.2) is 85.1 Å². The molecule has 5 rings (SSSR count). The number of methoxy groups -OCH3 is 1. The summed E-state index contributed by atoms with van der Waals surface area (Å²) in [7, 11) is 3.65. The van der Waals surface area contributed by atoms with Crippen molar-refractivity contribution >= 4 is 33.7 Å². The number of carbonyl (C=O) groups excluding carboxylic acids is 1. The van der Waals surface area contributed by atoms with Crippen LogP contribution in [0.3, 0.4) is 0 Å². The van der Waals surface area contributed by atoms with E-state index in [0.717, 1.165) is 54.2 Å². The number of pyridine rings is 1. The molecule has 2 heterocycles. The summed E-state index contributed by atoms with van der Waals surface area (Å²) >= 11 is 0. The number of carboxylic acid groups (broad SMARTS) is 1. The number of rotatable bonds is 16. The molecule has 3 aromatic carbocycles. The molecule has 0 radical (unpaired) electrons. The molecule has 0 unspecified atom stereocenters. The molecule has 45 heavy (non-hydrogen) atoms. The van der Waals surface area contributed by atoms with Crippen LogP contribution >= 0.6 is 0 Å². The number of Topliss-reactive ketones (excluding diaryl/α,β-unsaturated/α-hetero) is 1. The van der Waals surface area contributed by atoms with Crippen molar-refractivity contribution in [3.63, 3.8) is 0 Å². The predicted octanol–water partition coefficient (Wildman–Crippen LogP) is 6.89. The fourth-order valence-corrected chi connectivity index (χ4v) is 5.60. The van der Waals surface area contributed by atoms with Crippen molar-refractivity contribution < 1.29 is 28.9 Å². The van der Waals surface area contributed by atoms with Gasteiger partial charge in [0.25, 0.3) is 0 Å². The zero-order valence-corrected chi connectivity index (χ0v) is 25.8. The minimum atomic E-state index is -1.46. The largest absolute Gasteiger partial charge is 0.512 e. The van der Waals surface area contributed by atoms with Crippen LogP contribution < -0.4 is 9.47 Å². The van der Waals surface area contributed by atoms with Crippen molar-refractivity contribution in [2.24, 2.45) is 0 Å². The number of ketones is 1. The minimum Gasteiger partial charge on any atom is -0.489 e. The van der Waals surface area contributed by atoms with E-state index >= 15 is 0 Å². The van der Waals surface area contributed by atoms with Gasteiger partial charge in [-0.05, 0) is 62.2 Å². The van der Waals surface area contributed by atoms with E-state index < -0.39 is 6.16 Å².